The zero-order valence-electron chi connectivity index (χ0n) is 14.7. The fourth-order valence-electron chi connectivity index (χ4n) is 3.07. The number of hydrogen-bond acceptors (Lipinski definition) is 4. The van der Waals surface area contributed by atoms with Crippen LogP contribution in [0.5, 0.6) is 0 Å². The smallest absolute Gasteiger partial charge is 0.333 e. The van der Waals surface area contributed by atoms with Crippen molar-refractivity contribution < 1.29 is 31.1 Å². The molecule has 0 radical (unpaired) electrons. The lowest BCUT2D eigenvalue weighted by molar-refractivity contribution is -0.148. The number of hydrogen-bond donors (Lipinski definition) is 0. The predicted octanol–water partition coefficient (Wildman–Crippen LogP) is 2.83. The van der Waals surface area contributed by atoms with E-state index >= 15 is 0 Å². The first-order valence-electron chi connectivity index (χ1n) is 8.40. The Kier molecular flexibility index (Phi) is 5.50. The van der Waals surface area contributed by atoms with E-state index in [-0.39, 0.29) is 43.9 Å². The summed E-state index contributed by atoms with van der Waals surface area (Å²) in [7, 11) is 0. The van der Waals surface area contributed by atoms with E-state index in [1.54, 1.807) is 0 Å². The molecule has 0 fully saturated rings. The Morgan fingerprint density at radius 2 is 1.83 bits per heavy atom. The van der Waals surface area contributed by atoms with Gasteiger partial charge in [-0.3, -0.25) is 4.79 Å². The van der Waals surface area contributed by atoms with Crippen LogP contribution in [0.15, 0.2) is 12.1 Å². The largest absolute Gasteiger partial charge is 0.451 e. The summed E-state index contributed by atoms with van der Waals surface area (Å²) in [5.41, 5.74) is -0.253. The van der Waals surface area contributed by atoms with Crippen LogP contribution < -0.4 is 0 Å². The van der Waals surface area contributed by atoms with Crippen LogP contribution in [0.3, 0.4) is 0 Å². The number of halogens is 6. The number of benzene rings is 1. The molecule has 1 aromatic carbocycles. The molecule has 0 saturated carbocycles. The maximum atomic E-state index is 13.8. The highest BCUT2D eigenvalue weighted by Gasteiger charge is 2.40. The van der Waals surface area contributed by atoms with Gasteiger partial charge in [-0.05, 0) is 18.1 Å². The molecule has 0 bridgehead atoms. The summed E-state index contributed by atoms with van der Waals surface area (Å²) in [6.45, 7) is -0.442. The summed E-state index contributed by atoms with van der Waals surface area (Å²) >= 11 is 0. The number of nitrogens with zero attached hydrogens (tertiary/aromatic N) is 5. The lowest BCUT2D eigenvalue weighted by Gasteiger charge is -2.28. The van der Waals surface area contributed by atoms with Gasteiger partial charge in [-0.2, -0.15) is 18.4 Å². The normalized spacial score (nSPS) is 15.0. The maximum absolute atomic E-state index is 13.8. The first kappa shape index (κ1) is 20.6. The van der Waals surface area contributed by atoms with Crippen molar-refractivity contribution in [1.82, 2.24) is 19.7 Å². The predicted molar refractivity (Wildman–Crippen MR) is 84.2 cm³/mol. The van der Waals surface area contributed by atoms with Crippen LogP contribution in [0, 0.1) is 34.7 Å². The van der Waals surface area contributed by atoms with Crippen LogP contribution >= 0.6 is 0 Å². The lowest BCUT2D eigenvalue weighted by Crippen LogP contribution is -2.40. The SMILES string of the molecule is N#CC(CC(=O)N1CCn2c(nnc2C(F)(F)F)C1)Cc1cc(F)c(F)cc1F. The van der Waals surface area contributed by atoms with Crippen LogP contribution in [0.25, 0.3) is 0 Å². The number of fused-ring (bicyclic) bond motifs is 1. The zero-order valence-corrected chi connectivity index (χ0v) is 14.7. The minimum Gasteiger partial charge on any atom is -0.333 e. The Balaban J connectivity index is 1.67. The molecule has 1 unspecified atom stereocenters. The number of carbonyl (C=O) groups is 1. The van der Waals surface area contributed by atoms with Crippen molar-refractivity contribution in [2.75, 3.05) is 6.54 Å². The summed E-state index contributed by atoms with van der Waals surface area (Å²) in [5.74, 6) is -6.47. The third kappa shape index (κ3) is 4.33. The van der Waals surface area contributed by atoms with Gasteiger partial charge in [-0.1, -0.05) is 0 Å². The Labute approximate surface area is 160 Å². The molecule has 2 heterocycles. The van der Waals surface area contributed by atoms with Crippen molar-refractivity contribution in [3.63, 3.8) is 0 Å². The number of aromatic nitrogens is 3. The van der Waals surface area contributed by atoms with Crippen molar-refractivity contribution in [1.29, 1.82) is 5.26 Å². The van der Waals surface area contributed by atoms with Gasteiger partial charge >= 0.3 is 6.18 Å². The van der Waals surface area contributed by atoms with Crippen molar-refractivity contribution in [2.24, 2.45) is 5.92 Å². The van der Waals surface area contributed by atoms with Crippen LogP contribution in [-0.2, 0) is 30.5 Å². The Morgan fingerprint density at radius 3 is 2.48 bits per heavy atom. The van der Waals surface area contributed by atoms with Gasteiger partial charge in [0.15, 0.2) is 17.5 Å². The second kappa shape index (κ2) is 7.73. The fourth-order valence-corrected chi connectivity index (χ4v) is 3.07. The molecule has 0 N–H and O–H groups in total. The third-order valence-electron chi connectivity index (χ3n) is 4.52. The highest BCUT2D eigenvalue weighted by atomic mass is 19.4. The van der Waals surface area contributed by atoms with E-state index < -0.39 is 41.3 Å². The Bertz CT molecular complexity index is 980. The standard InChI is InChI=1S/C17H13F6N5O/c18-11-6-13(20)12(19)5-10(11)3-9(7-24)4-15(29)27-1-2-28-14(8-27)25-26-16(28)17(21,22)23/h5-6,9H,1-4,8H2. The topological polar surface area (TPSA) is 74.8 Å². The van der Waals surface area contributed by atoms with Gasteiger partial charge in [-0.15, -0.1) is 10.2 Å². The van der Waals surface area contributed by atoms with E-state index in [0.29, 0.717) is 12.1 Å². The van der Waals surface area contributed by atoms with Gasteiger partial charge < -0.3 is 9.47 Å². The molecule has 1 aliphatic heterocycles. The molecule has 154 valence electrons. The molecule has 0 saturated heterocycles. The first-order valence-corrected chi connectivity index (χ1v) is 8.40. The van der Waals surface area contributed by atoms with Crippen LogP contribution in [0.2, 0.25) is 0 Å². The van der Waals surface area contributed by atoms with Crippen molar-refractivity contribution in [2.45, 2.75) is 32.1 Å². The minimum absolute atomic E-state index is 0.0444. The summed E-state index contributed by atoms with van der Waals surface area (Å²) in [6, 6.07) is 2.80. The lowest BCUT2D eigenvalue weighted by atomic mass is 9.96. The number of amides is 1. The van der Waals surface area contributed by atoms with E-state index in [1.165, 1.54) is 4.90 Å². The summed E-state index contributed by atoms with van der Waals surface area (Å²) in [4.78, 5) is 13.7. The fraction of sp³-hybridized carbons (Fsp3) is 0.412. The highest BCUT2D eigenvalue weighted by molar-refractivity contribution is 5.76. The molecule has 0 spiro atoms. The van der Waals surface area contributed by atoms with Crippen molar-refractivity contribution in [3.05, 3.63) is 46.8 Å². The number of alkyl halides is 3. The molecule has 6 nitrogen and oxygen atoms in total. The van der Waals surface area contributed by atoms with E-state index in [0.717, 1.165) is 4.57 Å². The average Bonchev–Trinajstić information content (AvgIpc) is 3.08. The monoisotopic (exact) mass is 417 g/mol. The van der Waals surface area contributed by atoms with E-state index in [4.69, 9.17) is 0 Å². The molecule has 1 atom stereocenters. The minimum atomic E-state index is -4.67. The highest BCUT2D eigenvalue weighted by Crippen LogP contribution is 2.29. The molecule has 2 aromatic rings. The van der Waals surface area contributed by atoms with Gasteiger partial charge in [-0.25, -0.2) is 13.2 Å². The van der Waals surface area contributed by atoms with E-state index in [2.05, 4.69) is 10.2 Å². The molecule has 0 aliphatic carbocycles. The molecule has 12 heteroatoms. The van der Waals surface area contributed by atoms with E-state index in [1.807, 2.05) is 6.07 Å². The van der Waals surface area contributed by atoms with Crippen molar-refractivity contribution >= 4 is 5.91 Å². The van der Waals surface area contributed by atoms with Crippen LogP contribution in [0.4, 0.5) is 26.3 Å². The molecule has 29 heavy (non-hydrogen) atoms. The van der Waals surface area contributed by atoms with Gasteiger partial charge in [0.2, 0.25) is 11.7 Å². The quantitative estimate of drug-likeness (QED) is 0.567. The Morgan fingerprint density at radius 1 is 1.14 bits per heavy atom. The average molecular weight is 417 g/mol. The third-order valence-corrected chi connectivity index (χ3v) is 4.52. The zero-order chi connectivity index (χ0) is 21.3. The van der Waals surface area contributed by atoms with Crippen molar-refractivity contribution in [3.8, 4) is 6.07 Å². The molecule has 1 aliphatic rings. The summed E-state index contributed by atoms with van der Waals surface area (Å²) in [5, 5.41) is 15.8. The second-order valence-corrected chi connectivity index (χ2v) is 6.50. The number of nitriles is 1. The molecule has 1 amide bonds. The number of rotatable bonds is 4. The second-order valence-electron chi connectivity index (χ2n) is 6.50. The molecular formula is C17H13F6N5O. The van der Waals surface area contributed by atoms with E-state index in [9.17, 15) is 36.4 Å². The number of carbonyl (C=O) groups excluding carboxylic acids is 1. The molecule has 1 aromatic heterocycles. The maximum Gasteiger partial charge on any atom is 0.451 e. The van der Waals surface area contributed by atoms with Gasteiger partial charge in [0.25, 0.3) is 0 Å². The van der Waals surface area contributed by atoms with Crippen LogP contribution in [0.1, 0.15) is 23.6 Å². The van der Waals surface area contributed by atoms with Gasteiger partial charge in [0, 0.05) is 25.6 Å². The summed E-state index contributed by atoms with van der Waals surface area (Å²) in [6.07, 6.45) is -5.36. The Hall–Kier alpha value is -3.10. The summed E-state index contributed by atoms with van der Waals surface area (Å²) < 4.78 is 79.5. The molecular weight excluding hydrogens is 404 g/mol. The molecule has 3 rings (SSSR count). The first-order chi connectivity index (χ1) is 13.6. The van der Waals surface area contributed by atoms with Gasteiger partial charge in [0.05, 0.1) is 18.5 Å². The van der Waals surface area contributed by atoms with Gasteiger partial charge in [0.1, 0.15) is 5.82 Å². The van der Waals surface area contributed by atoms with Crippen LogP contribution in [-0.4, -0.2) is 32.1 Å².